The highest BCUT2D eigenvalue weighted by molar-refractivity contribution is 7.12. The van der Waals surface area contributed by atoms with Crippen molar-refractivity contribution < 1.29 is 24.2 Å². The summed E-state index contributed by atoms with van der Waals surface area (Å²) in [7, 11) is 1.47. The first kappa shape index (κ1) is 29.8. The number of rotatable bonds is 7. The van der Waals surface area contributed by atoms with Gasteiger partial charge in [-0.25, -0.2) is 9.78 Å². The van der Waals surface area contributed by atoms with Crippen molar-refractivity contribution in [2.75, 3.05) is 24.2 Å². The van der Waals surface area contributed by atoms with Gasteiger partial charge >= 0.3 is 6.09 Å². The fourth-order valence-electron chi connectivity index (χ4n) is 3.97. The number of carbonyl (C=O) groups excluding carboxylic acids is 3. The van der Waals surface area contributed by atoms with E-state index in [2.05, 4.69) is 21.7 Å². The molecule has 4 rings (SSSR count). The molecule has 0 spiro atoms. The van der Waals surface area contributed by atoms with Crippen LogP contribution >= 0.6 is 11.3 Å². The first-order valence-electron chi connectivity index (χ1n) is 12.9. The molecule has 0 fully saturated rings. The first-order chi connectivity index (χ1) is 19.9. The zero-order valence-electron chi connectivity index (χ0n) is 23.5. The number of ether oxygens (including phenoxy) is 1. The van der Waals surface area contributed by atoms with E-state index >= 15 is 0 Å². The number of anilines is 2. The van der Waals surface area contributed by atoms with E-state index in [9.17, 15) is 24.8 Å². The molecule has 11 heteroatoms. The lowest BCUT2D eigenvalue weighted by atomic mass is 9.97. The number of amides is 3. The Morgan fingerprint density at radius 3 is 2.45 bits per heavy atom. The van der Waals surface area contributed by atoms with Crippen molar-refractivity contribution in [1.82, 2.24) is 9.88 Å². The summed E-state index contributed by atoms with van der Waals surface area (Å²) in [5.41, 5.74) is 1.54. The van der Waals surface area contributed by atoms with Crippen LogP contribution in [0.1, 0.15) is 36.0 Å². The van der Waals surface area contributed by atoms with E-state index in [1.54, 1.807) is 86.8 Å². The number of thiophene rings is 1. The van der Waals surface area contributed by atoms with Crippen molar-refractivity contribution in [2.45, 2.75) is 26.4 Å². The molecule has 10 nitrogen and oxygen atoms in total. The molecule has 2 heterocycles. The molecule has 4 aromatic rings. The van der Waals surface area contributed by atoms with E-state index in [1.807, 2.05) is 0 Å². The minimum atomic E-state index is -0.698. The first-order valence-corrected chi connectivity index (χ1v) is 13.8. The van der Waals surface area contributed by atoms with Gasteiger partial charge in [0.2, 0.25) is 5.91 Å². The number of likely N-dealkylation sites (N-methyl/N-ethyl adjacent to an activating group) is 1. The van der Waals surface area contributed by atoms with Gasteiger partial charge in [-0.1, -0.05) is 30.3 Å². The number of hydrogen-bond acceptors (Lipinski definition) is 8. The molecule has 0 atom stereocenters. The normalized spacial score (nSPS) is 10.8. The molecule has 3 N–H and O–H groups in total. The van der Waals surface area contributed by atoms with Gasteiger partial charge in [-0.3, -0.25) is 9.59 Å². The van der Waals surface area contributed by atoms with E-state index in [1.165, 1.54) is 29.4 Å². The van der Waals surface area contributed by atoms with Crippen LogP contribution in [0, 0.1) is 11.3 Å². The molecule has 0 saturated heterocycles. The number of nitrogens with one attached hydrogen (secondary N) is 2. The van der Waals surface area contributed by atoms with Crippen LogP contribution in [0.2, 0.25) is 0 Å². The molecule has 2 aromatic heterocycles. The maximum atomic E-state index is 12.9. The van der Waals surface area contributed by atoms with Gasteiger partial charge in [0, 0.05) is 23.9 Å². The molecule has 0 saturated carbocycles. The zero-order valence-corrected chi connectivity index (χ0v) is 24.3. The highest BCUT2D eigenvalue weighted by Crippen LogP contribution is 2.36. The predicted molar refractivity (Wildman–Crippen MR) is 161 cm³/mol. The number of nitrogens with zero attached hydrogens (tertiary/aromatic N) is 3. The number of pyridine rings is 1. The monoisotopic (exact) mass is 583 g/mol. The molecule has 0 aliphatic heterocycles. The van der Waals surface area contributed by atoms with Gasteiger partial charge in [0.25, 0.3) is 5.91 Å². The van der Waals surface area contributed by atoms with Crippen LogP contribution < -0.4 is 10.6 Å². The number of carbonyl (C=O) groups is 3. The molecule has 0 bridgehead atoms. The summed E-state index contributed by atoms with van der Waals surface area (Å²) in [4.78, 5) is 44.0. The minimum absolute atomic E-state index is 0.0219. The van der Waals surface area contributed by atoms with Crippen molar-refractivity contribution in [3.8, 4) is 34.2 Å². The number of aromatic nitrogens is 1. The van der Waals surface area contributed by atoms with E-state index < -0.39 is 23.5 Å². The van der Waals surface area contributed by atoms with Crippen molar-refractivity contribution in [2.24, 2.45) is 0 Å². The maximum Gasteiger partial charge on any atom is 0.410 e. The topological polar surface area (TPSA) is 145 Å². The summed E-state index contributed by atoms with van der Waals surface area (Å²) in [6.07, 6.45) is -0.629. The Hall–Kier alpha value is -5.21. The molecular formula is C31H29N5O5S. The van der Waals surface area contributed by atoms with Crippen molar-refractivity contribution in [3.63, 3.8) is 0 Å². The zero-order chi connectivity index (χ0) is 30.4. The average molecular weight is 584 g/mol. The van der Waals surface area contributed by atoms with E-state index in [4.69, 9.17) is 4.74 Å². The summed E-state index contributed by atoms with van der Waals surface area (Å²) in [5.74, 6) is -0.870. The van der Waals surface area contributed by atoms with Gasteiger partial charge in [0.05, 0.1) is 10.6 Å². The fourth-order valence-corrected chi connectivity index (χ4v) is 4.59. The van der Waals surface area contributed by atoms with E-state index in [-0.39, 0.29) is 23.7 Å². The van der Waals surface area contributed by atoms with Crippen LogP contribution in [-0.2, 0) is 9.53 Å². The summed E-state index contributed by atoms with van der Waals surface area (Å²) < 4.78 is 5.29. The second-order valence-electron chi connectivity index (χ2n) is 10.3. The van der Waals surface area contributed by atoms with Crippen molar-refractivity contribution in [3.05, 3.63) is 82.6 Å². The summed E-state index contributed by atoms with van der Waals surface area (Å²) in [5, 5.41) is 27.9. The molecule has 0 unspecified atom stereocenters. The summed E-state index contributed by atoms with van der Waals surface area (Å²) in [6, 6.07) is 20.6. The Kier molecular flexibility index (Phi) is 8.88. The lowest BCUT2D eigenvalue weighted by molar-refractivity contribution is -0.117. The number of aromatic hydroxyl groups is 1. The Labute approximate surface area is 247 Å². The minimum Gasteiger partial charge on any atom is -0.507 e. The molecule has 214 valence electrons. The van der Waals surface area contributed by atoms with Crippen LogP contribution in [0.5, 0.6) is 5.75 Å². The SMILES string of the molecule is CN(CC(=O)Nc1cccc(-c2cc(-c3ccccc3O)nc(NC(=O)c3cccs3)c2C#N)c1)C(=O)OC(C)(C)C. The average Bonchev–Trinajstić information content (AvgIpc) is 3.47. The Balaban J connectivity index is 1.69. The highest BCUT2D eigenvalue weighted by atomic mass is 32.1. The lowest BCUT2D eigenvalue weighted by Gasteiger charge is -2.24. The molecular weight excluding hydrogens is 554 g/mol. The third kappa shape index (κ3) is 7.30. The quantitative estimate of drug-likeness (QED) is 0.238. The molecule has 42 heavy (non-hydrogen) atoms. The maximum absolute atomic E-state index is 12.9. The van der Waals surface area contributed by atoms with Crippen LogP contribution in [0.25, 0.3) is 22.4 Å². The van der Waals surface area contributed by atoms with Gasteiger partial charge in [0.15, 0.2) is 5.82 Å². The molecule has 3 amide bonds. The summed E-state index contributed by atoms with van der Waals surface area (Å²) in [6.45, 7) is 4.97. The van der Waals surface area contributed by atoms with Crippen LogP contribution in [0.15, 0.2) is 72.1 Å². The number of benzene rings is 2. The van der Waals surface area contributed by atoms with Crippen LogP contribution in [0.4, 0.5) is 16.3 Å². The van der Waals surface area contributed by atoms with Crippen LogP contribution in [0.3, 0.4) is 0 Å². The molecule has 0 radical (unpaired) electrons. The van der Waals surface area contributed by atoms with Gasteiger partial charge < -0.3 is 25.4 Å². The highest BCUT2D eigenvalue weighted by Gasteiger charge is 2.22. The van der Waals surface area contributed by atoms with E-state index in [0.29, 0.717) is 32.9 Å². The van der Waals surface area contributed by atoms with Gasteiger partial charge in [0.1, 0.15) is 29.5 Å². The molecule has 0 aliphatic rings. The Bertz CT molecular complexity index is 1670. The third-order valence-corrected chi connectivity index (χ3v) is 6.70. The van der Waals surface area contributed by atoms with Crippen molar-refractivity contribution in [1.29, 1.82) is 5.26 Å². The van der Waals surface area contributed by atoms with Gasteiger partial charge in [-0.05, 0) is 68.1 Å². The Morgan fingerprint density at radius 2 is 1.79 bits per heavy atom. The Morgan fingerprint density at radius 1 is 1.02 bits per heavy atom. The standard InChI is InChI=1S/C31H29N5O5S/c1-31(2,3)41-30(40)36(4)18-27(38)33-20-10-7-9-19(15-20)22-16-24(21-11-5-6-12-25(21)37)34-28(23(22)17-32)35-29(39)26-13-8-14-42-26/h5-16,37H,18H2,1-4H3,(H,33,38)(H,34,35,39). The number of phenols is 1. The largest absolute Gasteiger partial charge is 0.507 e. The second kappa shape index (κ2) is 12.5. The van der Waals surface area contributed by atoms with Gasteiger partial charge in [-0.15, -0.1) is 11.3 Å². The second-order valence-corrected chi connectivity index (χ2v) is 11.3. The number of nitriles is 1. The molecule has 0 aliphatic carbocycles. The number of hydrogen-bond donors (Lipinski definition) is 3. The number of phenolic OH excluding ortho intramolecular Hbond substituents is 1. The number of para-hydroxylation sites is 1. The smallest absolute Gasteiger partial charge is 0.410 e. The van der Waals surface area contributed by atoms with Crippen molar-refractivity contribution >= 4 is 40.7 Å². The fraction of sp³-hybridized carbons (Fsp3) is 0.194. The third-order valence-electron chi connectivity index (χ3n) is 5.83. The predicted octanol–water partition coefficient (Wildman–Crippen LogP) is 6.11. The van der Waals surface area contributed by atoms with Crippen LogP contribution in [-0.4, -0.2) is 52.1 Å². The molecule has 2 aromatic carbocycles. The van der Waals surface area contributed by atoms with E-state index in [0.717, 1.165) is 0 Å². The van der Waals surface area contributed by atoms with Gasteiger partial charge in [-0.2, -0.15) is 5.26 Å². The summed E-state index contributed by atoms with van der Waals surface area (Å²) >= 11 is 1.25. The lowest BCUT2D eigenvalue weighted by Crippen LogP contribution is -2.38.